The number of para-hydroxylation sites is 3. The van der Waals surface area contributed by atoms with Gasteiger partial charge in [-0.05, 0) is 47.7 Å². The highest BCUT2D eigenvalue weighted by Crippen LogP contribution is 2.40. The Labute approximate surface area is 199 Å². The summed E-state index contributed by atoms with van der Waals surface area (Å²) < 4.78 is 4.66. The zero-order valence-electron chi connectivity index (χ0n) is 18.7. The third-order valence-electron chi connectivity index (χ3n) is 7.01. The van der Waals surface area contributed by atoms with Crippen molar-refractivity contribution in [2.75, 3.05) is 0 Å². The molecule has 0 aliphatic carbocycles. The van der Waals surface area contributed by atoms with Crippen molar-refractivity contribution in [3.63, 3.8) is 0 Å². The first-order chi connectivity index (χ1) is 17.4. The summed E-state index contributed by atoms with van der Waals surface area (Å²) in [6.45, 7) is 0. The lowest BCUT2D eigenvalue weighted by atomic mass is 10.2. The molecule has 0 fully saturated rings. The molecule has 0 N–H and O–H groups in total. The van der Waals surface area contributed by atoms with Crippen molar-refractivity contribution in [1.82, 2.24) is 19.1 Å². The van der Waals surface area contributed by atoms with Crippen LogP contribution < -0.4 is 10.6 Å². The normalized spacial score (nSPS) is 15.0. The highest BCUT2D eigenvalue weighted by Gasteiger charge is 2.24. The molecule has 1 aliphatic rings. The molecule has 8 rings (SSSR count). The van der Waals surface area contributed by atoms with E-state index < -0.39 is 0 Å². The Morgan fingerprint density at radius 2 is 1.43 bits per heavy atom. The molecular weight excluding hydrogens is 430 g/mol. The summed E-state index contributed by atoms with van der Waals surface area (Å²) in [6, 6.07) is 31.4. The van der Waals surface area contributed by atoms with Crippen LogP contribution in [0.25, 0.3) is 55.6 Å². The highest BCUT2D eigenvalue weighted by molar-refractivity contribution is 6.20. The van der Waals surface area contributed by atoms with Gasteiger partial charge in [-0.25, -0.2) is 0 Å². The molecule has 0 saturated heterocycles. The van der Waals surface area contributed by atoms with Crippen LogP contribution in [0.3, 0.4) is 0 Å². The van der Waals surface area contributed by atoms with E-state index in [4.69, 9.17) is 15.0 Å². The average Bonchev–Trinajstić information content (AvgIpc) is 3.58. The Morgan fingerprint density at radius 1 is 0.629 bits per heavy atom. The molecule has 1 aliphatic heterocycles. The maximum Gasteiger partial charge on any atom is 0.146 e. The van der Waals surface area contributed by atoms with Crippen molar-refractivity contribution < 1.29 is 0 Å². The lowest BCUT2D eigenvalue weighted by Crippen LogP contribution is -2.19. The van der Waals surface area contributed by atoms with Crippen LogP contribution in [0.4, 0.5) is 0 Å². The van der Waals surface area contributed by atoms with Gasteiger partial charge in [-0.1, -0.05) is 54.6 Å². The van der Waals surface area contributed by atoms with E-state index in [1.54, 1.807) is 0 Å². The molecule has 164 valence electrons. The van der Waals surface area contributed by atoms with Gasteiger partial charge in [0, 0.05) is 28.9 Å². The Morgan fingerprint density at radius 3 is 2.34 bits per heavy atom. The predicted molar refractivity (Wildman–Crippen MR) is 140 cm³/mol. The monoisotopic (exact) mass is 449 g/mol. The van der Waals surface area contributed by atoms with Gasteiger partial charge in [-0.2, -0.15) is 0 Å². The molecule has 1 atom stereocenters. The Hall–Kier alpha value is -4.77. The molecule has 5 nitrogen and oxygen atoms in total. The fraction of sp³-hybridized carbons (Fsp3) is 0.0333. The number of hydrogen-bond acceptors (Lipinski definition) is 3. The molecule has 0 bridgehead atoms. The summed E-state index contributed by atoms with van der Waals surface area (Å²) in [4.78, 5) is 14.9. The number of nitrogens with zero attached hydrogens (tertiary/aromatic N) is 5. The Balaban J connectivity index is 1.62. The zero-order chi connectivity index (χ0) is 22.9. The van der Waals surface area contributed by atoms with E-state index in [2.05, 4.69) is 88.0 Å². The van der Waals surface area contributed by atoms with Gasteiger partial charge in [-0.15, -0.1) is 0 Å². The lowest BCUT2D eigenvalue weighted by Gasteiger charge is -2.14. The van der Waals surface area contributed by atoms with Crippen molar-refractivity contribution in [1.29, 1.82) is 0 Å². The first-order valence-corrected chi connectivity index (χ1v) is 11.8. The fourth-order valence-corrected chi connectivity index (χ4v) is 5.56. The van der Waals surface area contributed by atoms with Crippen molar-refractivity contribution in [3.05, 3.63) is 114 Å². The van der Waals surface area contributed by atoms with Crippen molar-refractivity contribution in [2.24, 2.45) is 4.99 Å². The smallest absolute Gasteiger partial charge is 0.146 e. The molecule has 0 radical (unpaired) electrons. The zero-order valence-corrected chi connectivity index (χ0v) is 18.7. The minimum atomic E-state index is -0.155. The topological polar surface area (TPSA) is 48.0 Å². The van der Waals surface area contributed by atoms with Gasteiger partial charge in [-0.3, -0.25) is 15.0 Å². The van der Waals surface area contributed by atoms with E-state index in [9.17, 15) is 0 Å². The van der Waals surface area contributed by atoms with Crippen LogP contribution in [0.1, 0.15) is 6.17 Å². The van der Waals surface area contributed by atoms with Gasteiger partial charge >= 0.3 is 0 Å². The van der Waals surface area contributed by atoms with E-state index >= 15 is 0 Å². The summed E-state index contributed by atoms with van der Waals surface area (Å²) in [5.41, 5.74) is 7.39. The molecule has 3 aromatic carbocycles. The quantitative estimate of drug-likeness (QED) is 0.360. The van der Waals surface area contributed by atoms with E-state index in [0.29, 0.717) is 0 Å². The molecule has 0 saturated carbocycles. The van der Waals surface area contributed by atoms with Gasteiger partial charge in [0.15, 0.2) is 0 Å². The SMILES string of the molecule is C1=c2ccccc2=NC1n1c2ccccc2c2ncc3c4ncccc4n(-c4ccccc4)c3c21. The van der Waals surface area contributed by atoms with E-state index in [1.807, 2.05) is 30.6 Å². The minimum absolute atomic E-state index is 0.155. The molecule has 1 unspecified atom stereocenters. The Bertz CT molecular complexity index is 2030. The van der Waals surface area contributed by atoms with Crippen LogP contribution in [0.2, 0.25) is 0 Å². The number of pyridine rings is 2. The predicted octanol–water partition coefficient (Wildman–Crippen LogP) is 5.29. The number of hydrogen-bond donors (Lipinski definition) is 0. The standard InChI is InChI=1S/C30H19N5/c1-2-10-20(11-3-1)34-25-15-8-16-31-27(25)22-18-32-28-21-12-5-7-14-24(21)35(30(28)29(22)34)26-17-19-9-4-6-13-23(19)33-26/h1-18,26H. The van der Waals surface area contributed by atoms with Crippen LogP contribution in [0, 0.1) is 0 Å². The largest absolute Gasteiger partial charge is 0.311 e. The van der Waals surface area contributed by atoms with Crippen molar-refractivity contribution in [3.8, 4) is 5.69 Å². The molecule has 0 spiro atoms. The maximum absolute atomic E-state index is 5.11. The summed E-state index contributed by atoms with van der Waals surface area (Å²) >= 11 is 0. The minimum Gasteiger partial charge on any atom is -0.311 e. The van der Waals surface area contributed by atoms with Gasteiger partial charge in [0.2, 0.25) is 0 Å². The van der Waals surface area contributed by atoms with Gasteiger partial charge < -0.3 is 9.13 Å². The van der Waals surface area contributed by atoms with E-state index in [-0.39, 0.29) is 6.17 Å². The van der Waals surface area contributed by atoms with Gasteiger partial charge in [0.25, 0.3) is 0 Å². The van der Waals surface area contributed by atoms with Crippen LogP contribution in [0.15, 0.2) is 108 Å². The Kier molecular flexibility index (Phi) is 3.66. The summed E-state index contributed by atoms with van der Waals surface area (Å²) in [5, 5.41) is 4.35. The number of aromatic nitrogens is 4. The summed E-state index contributed by atoms with van der Waals surface area (Å²) in [6.07, 6.45) is 5.92. The molecule has 5 heteroatoms. The highest BCUT2D eigenvalue weighted by atomic mass is 15.2. The van der Waals surface area contributed by atoms with Gasteiger partial charge in [0.05, 0.1) is 38.5 Å². The number of rotatable bonds is 2. The molecule has 7 aromatic rings. The summed E-state index contributed by atoms with van der Waals surface area (Å²) in [5.74, 6) is 0. The first-order valence-electron chi connectivity index (χ1n) is 11.8. The third-order valence-corrected chi connectivity index (χ3v) is 7.01. The second-order valence-electron chi connectivity index (χ2n) is 8.92. The van der Waals surface area contributed by atoms with Crippen LogP contribution >= 0.6 is 0 Å². The summed E-state index contributed by atoms with van der Waals surface area (Å²) in [7, 11) is 0. The number of benzene rings is 3. The molecule has 4 aromatic heterocycles. The second kappa shape index (κ2) is 6.87. The van der Waals surface area contributed by atoms with Crippen molar-refractivity contribution in [2.45, 2.75) is 6.17 Å². The molecule has 35 heavy (non-hydrogen) atoms. The maximum atomic E-state index is 5.11. The fourth-order valence-electron chi connectivity index (χ4n) is 5.56. The van der Waals surface area contributed by atoms with E-state index in [0.717, 1.165) is 60.1 Å². The average molecular weight is 450 g/mol. The van der Waals surface area contributed by atoms with Crippen LogP contribution in [0.5, 0.6) is 0 Å². The third kappa shape index (κ3) is 2.49. The van der Waals surface area contributed by atoms with Crippen LogP contribution in [-0.2, 0) is 0 Å². The van der Waals surface area contributed by atoms with E-state index in [1.165, 1.54) is 0 Å². The number of fused-ring (bicyclic) bond motifs is 8. The van der Waals surface area contributed by atoms with Crippen molar-refractivity contribution >= 4 is 49.9 Å². The molecular formula is C30H19N5. The molecule has 5 heterocycles. The molecule has 0 amide bonds. The first kappa shape index (κ1) is 18.6. The lowest BCUT2D eigenvalue weighted by molar-refractivity contribution is 0.707. The van der Waals surface area contributed by atoms with Gasteiger partial charge in [0.1, 0.15) is 6.17 Å². The van der Waals surface area contributed by atoms with Crippen LogP contribution in [-0.4, -0.2) is 19.1 Å². The second-order valence-corrected chi connectivity index (χ2v) is 8.92.